The predicted molar refractivity (Wildman–Crippen MR) is 128 cm³/mol. The number of fused-ring (bicyclic) bond motifs is 3. The summed E-state index contributed by atoms with van der Waals surface area (Å²) in [7, 11) is -1.93. The maximum absolute atomic E-state index is 12.5. The van der Waals surface area contributed by atoms with Gasteiger partial charge in [-0.1, -0.05) is 18.2 Å². The minimum atomic E-state index is -3.67. The molecule has 176 valence electrons. The van der Waals surface area contributed by atoms with Gasteiger partial charge < -0.3 is 20.3 Å². The van der Waals surface area contributed by atoms with Crippen LogP contribution in [0.1, 0.15) is 5.56 Å². The molecule has 1 aromatic heterocycles. The van der Waals surface area contributed by atoms with E-state index in [1.165, 1.54) is 12.1 Å². The fraction of sp³-hybridized carbons (Fsp3) is 0.217. The average Bonchev–Trinajstić information content (AvgIpc) is 2.94. The van der Waals surface area contributed by atoms with E-state index in [0.717, 1.165) is 16.8 Å². The van der Waals surface area contributed by atoms with E-state index in [-0.39, 0.29) is 30.3 Å². The number of benzene rings is 2. The Morgan fingerprint density at radius 2 is 1.85 bits per heavy atom. The summed E-state index contributed by atoms with van der Waals surface area (Å²) in [5.41, 5.74) is 3.65. The smallest absolute Gasteiger partial charge is 0.240 e. The van der Waals surface area contributed by atoms with Gasteiger partial charge in [0, 0.05) is 43.1 Å². The van der Waals surface area contributed by atoms with Crippen LogP contribution in [0.2, 0.25) is 0 Å². The van der Waals surface area contributed by atoms with Gasteiger partial charge >= 0.3 is 0 Å². The van der Waals surface area contributed by atoms with Gasteiger partial charge in [-0.25, -0.2) is 23.1 Å². The number of aldehydes is 1. The van der Waals surface area contributed by atoms with E-state index in [1.54, 1.807) is 30.3 Å². The van der Waals surface area contributed by atoms with E-state index in [9.17, 15) is 18.0 Å². The van der Waals surface area contributed by atoms with Crippen molar-refractivity contribution in [2.75, 3.05) is 36.9 Å². The zero-order valence-electron chi connectivity index (χ0n) is 18.5. The number of nitrogens with zero attached hydrogens (tertiary/aromatic N) is 3. The van der Waals surface area contributed by atoms with Crippen molar-refractivity contribution < 1.29 is 18.0 Å². The van der Waals surface area contributed by atoms with Crippen LogP contribution in [0.15, 0.2) is 59.6 Å². The number of carbonyl (C=O) groups is 2. The van der Waals surface area contributed by atoms with Crippen molar-refractivity contribution in [2.45, 2.75) is 11.3 Å². The third-order valence-corrected chi connectivity index (χ3v) is 6.82. The molecular weight excluding hydrogens is 456 g/mol. The van der Waals surface area contributed by atoms with Crippen molar-refractivity contribution in [1.82, 2.24) is 20.0 Å². The number of para-hydroxylation sites is 1. The second-order valence-corrected chi connectivity index (χ2v) is 9.40. The summed E-state index contributed by atoms with van der Waals surface area (Å²) in [4.78, 5) is 33.5. The minimum absolute atomic E-state index is 0.0413. The van der Waals surface area contributed by atoms with Crippen molar-refractivity contribution in [1.29, 1.82) is 0 Å². The molecule has 0 saturated carbocycles. The molecule has 0 fully saturated rings. The van der Waals surface area contributed by atoms with Gasteiger partial charge in [0.25, 0.3) is 0 Å². The topological polar surface area (TPSA) is 133 Å². The highest BCUT2D eigenvalue weighted by Crippen LogP contribution is 2.35. The molecular formula is C23H24N6O4S. The summed E-state index contributed by atoms with van der Waals surface area (Å²) < 4.78 is 27.3. The standard InChI is InChI=1S/C23H24N6O4S/c1-29-20-5-3-2-4-19(20)22-16(14-21(29)31)15-25-23(28-22)27-17-6-8-18(9-7-17)34(32,33)26-11-10-24-12-13-30/h2-9,13,15,24,26H,10-12,14H2,1H3,(H,25,27,28). The number of sulfonamides is 1. The number of hydrogen-bond acceptors (Lipinski definition) is 8. The largest absolute Gasteiger partial charge is 0.324 e. The van der Waals surface area contributed by atoms with Crippen molar-refractivity contribution in [3.8, 4) is 11.3 Å². The highest BCUT2D eigenvalue weighted by molar-refractivity contribution is 7.89. The summed E-state index contributed by atoms with van der Waals surface area (Å²) >= 11 is 0. The molecule has 3 N–H and O–H groups in total. The van der Waals surface area contributed by atoms with Crippen LogP contribution in [0.3, 0.4) is 0 Å². The summed E-state index contributed by atoms with van der Waals surface area (Å²) in [6.07, 6.45) is 2.55. The summed E-state index contributed by atoms with van der Waals surface area (Å²) in [5.74, 6) is 0.293. The molecule has 34 heavy (non-hydrogen) atoms. The number of hydrogen-bond donors (Lipinski definition) is 3. The zero-order chi connectivity index (χ0) is 24.1. The predicted octanol–water partition coefficient (Wildman–Crippen LogP) is 1.47. The van der Waals surface area contributed by atoms with E-state index < -0.39 is 10.0 Å². The molecule has 1 aliphatic rings. The lowest BCUT2D eigenvalue weighted by atomic mass is 10.1. The van der Waals surface area contributed by atoms with Gasteiger partial charge in [0.05, 0.1) is 29.2 Å². The molecule has 0 spiro atoms. The van der Waals surface area contributed by atoms with E-state index in [2.05, 4.69) is 25.3 Å². The molecule has 0 radical (unpaired) electrons. The van der Waals surface area contributed by atoms with Crippen LogP contribution in [-0.4, -0.2) is 57.3 Å². The zero-order valence-corrected chi connectivity index (χ0v) is 19.3. The number of carbonyl (C=O) groups excluding carboxylic acids is 2. The highest BCUT2D eigenvalue weighted by Gasteiger charge is 2.24. The Hall–Kier alpha value is -3.67. The Labute approximate surface area is 197 Å². The van der Waals surface area contributed by atoms with Crippen LogP contribution in [0.5, 0.6) is 0 Å². The Bertz CT molecular complexity index is 1310. The summed E-state index contributed by atoms with van der Waals surface area (Å²) in [6, 6.07) is 13.8. The fourth-order valence-electron chi connectivity index (χ4n) is 3.58. The SMILES string of the molecule is CN1C(=O)Cc2cnc(Nc3ccc(S(=O)(=O)NCCNCC=O)cc3)nc2-c2ccccc21. The fourth-order valence-corrected chi connectivity index (χ4v) is 4.61. The second kappa shape index (κ2) is 10.1. The van der Waals surface area contributed by atoms with Gasteiger partial charge in [0.15, 0.2) is 0 Å². The maximum Gasteiger partial charge on any atom is 0.240 e. The van der Waals surface area contributed by atoms with Gasteiger partial charge in [-0.15, -0.1) is 0 Å². The van der Waals surface area contributed by atoms with Gasteiger partial charge in [0.1, 0.15) is 6.29 Å². The molecule has 3 aromatic rings. The first-order valence-corrected chi connectivity index (χ1v) is 12.1. The number of nitrogens with one attached hydrogen (secondary N) is 3. The van der Waals surface area contributed by atoms with Crippen LogP contribution in [0, 0.1) is 0 Å². The van der Waals surface area contributed by atoms with Crippen LogP contribution in [0.25, 0.3) is 11.3 Å². The average molecular weight is 481 g/mol. The Kier molecular flexibility index (Phi) is 6.96. The Balaban J connectivity index is 1.51. The normalized spacial score (nSPS) is 13.1. The van der Waals surface area contributed by atoms with Gasteiger partial charge in [-0.05, 0) is 30.3 Å². The molecule has 0 unspecified atom stereocenters. The Morgan fingerprint density at radius 1 is 1.09 bits per heavy atom. The molecule has 10 nitrogen and oxygen atoms in total. The highest BCUT2D eigenvalue weighted by atomic mass is 32.2. The minimum Gasteiger partial charge on any atom is -0.324 e. The molecule has 11 heteroatoms. The van der Waals surface area contributed by atoms with Crippen LogP contribution < -0.4 is 20.3 Å². The van der Waals surface area contributed by atoms with Crippen LogP contribution in [0.4, 0.5) is 17.3 Å². The molecule has 1 amide bonds. The first kappa shape index (κ1) is 23.5. The molecule has 0 atom stereocenters. The monoisotopic (exact) mass is 480 g/mol. The molecule has 4 rings (SSSR count). The number of aromatic nitrogens is 2. The second-order valence-electron chi connectivity index (χ2n) is 7.63. The Morgan fingerprint density at radius 3 is 2.62 bits per heavy atom. The number of likely N-dealkylation sites (N-methyl/N-ethyl adjacent to an activating group) is 1. The first-order valence-electron chi connectivity index (χ1n) is 10.6. The third kappa shape index (κ3) is 5.11. The molecule has 0 aliphatic carbocycles. The van der Waals surface area contributed by atoms with E-state index in [4.69, 9.17) is 0 Å². The molecule has 0 bridgehead atoms. The van der Waals surface area contributed by atoms with Gasteiger partial charge in [0.2, 0.25) is 21.9 Å². The van der Waals surface area contributed by atoms with E-state index >= 15 is 0 Å². The van der Waals surface area contributed by atoms with Crippen LogP contribution in [-0.2, 0) is 26.0 Å². The van der Waals surface area contributed by atoms with Gasteiger partial charge in [-0.3, -0.25) is 4.79 Å². The lowest BCUT2D eigenvalue weighted by Crippen LogP contribution is -2.32. The lowest BCUT2D eigenvalue weighted by molar-refractivity contribution is -0.117. The first-order chi connectivity index (χ1) is 16.4. The van der Waals surface area contributed by atoms with Crippen molar-refractivity contribution in [2.24, 2.45) is 0 Å². The molecule has 1 aliphatic heterocycles. The summed E-state index contributed by atoms with van der Waals surface area (Å²) in [5, 5.41) is 5.89. The maximum atomic E-state index is 12.5. The molecule has 0 saturated heterocycles. The lowest BCUT2D eigenvalue weighted by Gasteiger charge is -2.16. The summed E-state index contributed by atoms with van der Waals surface area (Å²) in [6.45, 7) is 0.682. The quantitative estimate of drug-likeness (QED) is 0.310. The number of rotatable bonds is 9. The third-order valence-electron chi connectivity index (χ3n) is 5.34. The van der Waals surface area contributed by atoms with Crippen molar-refractivity contribution in [3.05, 3.63) is 60.3 Å². The van der Waals surface area contributed by atoms with Crippen molar-refractivity contribution in [3.63, 3.8) is 0 Å². The van der Waals surface area contributed by atoms with Gasteiger partial charge in [-0.2, -0.15) is 0 Å². The van der Waals surface area contributed by atoms with Crippen LogP contribution >= 0.6 is 0 Å². The van der Waals surface area contributed by atoms with E-state index in [0.29, 0.717) is 30.2 Å². The van der Waals surface area contributed by atoms with E-state index in [1.807, 2.05) is 24.3 Å². The van der Waals surface area contributed by atoms with Crippen molar-refractivity contribution >= 4 is 39.5 Å². The number of anilines is 3. The number of amides is 1. The molecule has 2 aromatic carbocycles. The molecule has 2 heterocycles.